The van der Waals surface area contributed by atoms with Crippen LogP contribution in [-0.2, 0) is 13.0 Å². The first-order chi connectivity index (χ1) is 15.9. The highest BCUT2D eigenvalue weighted by Gasteiger charge is 2.43. The highest BCUT2D eigenvalue weighted by atomic mass is 35.5. The van der Waals surface area contributed by atoms with Gasteiger partial charge in [-0.3, -0.25) is 4.90 Å². The Morgan fingerprint density at radius 2 is 1.97 bits per heavy atom. The Bertz CT molecular complexity index is 1180. The van der Waals surface area contributed by atoms with Gasteiger partial charge in [0.2, 0.25) is 6.29 Å². The number of nitrogens with two attached hydrogens (primary N) is 1. The number of nitrogens with one attached hydrogen (secondary N) is 2. The van der Waals surface area contributed by atoms with E-state index in [1.807, 2.05) is 30.3 Å². The summed E-state index contributed by atoms with van der Waals surface area (Å²) >= 11 is 7.61. The molecule has 4 rings (SSSR count). The average Bonchev–Trinajstić information content (AvgIpc) is 3.23. The second kappa shape index (κ2) is 9.74. The van der Waals surface area contributed by atoms with Crippen molar-refractivity contribution in [2.45, 2.75) is 32.6 Å². The third kappa shape index (κ3) is 4.77. The second-order valence-electron chi connectivity index (χ2n) is 7.53. The second-order valence-corrected chi connectivity index (χ2v) is 9.08. The van der Waals surface area contributed by atoms with Crippen molar-refractivity contribution < 1.29 is 9.59 Å². The van der Waals surface area contributed by atoms with Gasteiger partial charge in [-0.1, -0.05) is 30.7 Å². The Kier molecular flexibility index (Phi) is 6.77. The van der Waals surface area contributed by atoms with Crippen LogP contribution in [0.3, 0.4) is 0 Å². The molecule has 1 unspecified atom stereocenters. The van der Waals surface area contributed by atoms with E-state index in [9.17, 15) is 9.59 Å². The Morgan fingerprint density at radius 3 is 2.67 bits per heavy atom. The summed E-state index contributed by atoms with van der Waals surface area (Å²) < 4.78 is 1.01. The number of halogens is 1. The van der Waals surface area contributed by atoms with Crippen molar-refractivity contribution in [1.29, 1.82) is 5.41 Å². The zero-order valence-electron chi connectivity index (χ0n) is 18.0. The van der Waals surface area contributed by atoms with E-state index in [1.54, 1.807) is 23.5 Å². The fourth-order valence-corrected chi connectivity index (χ4v) is 4.64. The third-order valence-corrected chi connectivity index (χ3v) is 6.70. The van der Waals surface area contributed by atoms with Crippen LogP contribution in [0.5, 0.6) is 0 Å². The molecule has 33 heavy (non-hydrogen) atoms. The van der Waals surface area contributed by atoms with E-state index in [2.05, 4.69) is 17.2 Å². The fourth-order valence-electron chi connectivity index (χ4n) is 3.57. The summed E-state index contributed by atoms with van der Waals surface area (Å²) in [6.45, 7) is 2.34. The molecule has 0 spiro atoms. The van der Waals surface area contributed by atoms with Crippen LogP contribution < -0.4 is 11.2 Å². The molecule has 0 bridgehead atoms. The molecule has 4 N–H and O–H groups in total. The van der Waals surface area contributed by atoms with Crippen LogP contribution in [0.25, 0.3) is 10.2 Å². The molecule has 0 aliphatic carbocycles. The minimum Gasteiger partial charge on any atom is -0.347 e. The third-order valence-electron chi connectivity index (χ3n) is 5.28. The van der Waals surface area contributed by atoms with Crippen molar-refractivity contribution in [3.8, 4) is 0 Å². The quantitative estimate of drug-likeness (QED) is 0.247. The van der Waals surface area contributed by atoms with Gasteiger partial charge in [0.1, 0.15) is 0 Å². The van der Waals surface area contributed by atoms with Crippen LogP contribution in [0.15, 0.2) is 42.5 Å². The first-order valence-electron chi connectivity index (χ1n) is 10.5. The van der Waals surface area contributed by atoms with E-state index in [1.165, 1.54) is 4.90 Å². The molecule has 4 amide bonds. The van der Waals surface area contributed by atoms with Gasteiger partial charge < -0.3 is 10.7 Å². The minimum absolute atomic E-state index is 0.0747. The van der Waals surface area contributed by atoms with Crippen LogP contribution >= 0.6 is 22.9 Å². The monoisotopic (exact) mass is 485 g/mol. The fraction of sp³-hybridized carbons (Fsp3) is 0.273. The summed E-state index contributed by atoms with van der Waals surface area (Å²) in [5.74, 6) is 6.20. The summed E-state index contributed by atoms with van der Waals surface area (Å²) in [7, 11) is 0. The Labute approximate surface area is 200 Å². The highest BCUT2D eigenvalue weighted by molar-refractivity contribution is 7.18. The normalized spacial score (nSPS) is 16.6. The maximum atomic E-state index is 13.3. The molecule has 9 nitrogen and oxygen atoms in total. The van der Waals surface area contributed by atoms with Gasteiger partial charge in [0.15, 0.2) is 0 Å². The van der Waals surface area contributed by atoms with Gasteiger partial charge in [-0.05, 0) is 48.5 Å². The van der Waals surface area contributed by atoms with Crippen molar-refractivity contribution in [1.82, 2.24) is 19.8 Å². The molecule has 1 atom stereocenters. The van der Waals surface area contributed by atoms with E-state index in [0.717, 1.165) is 43.3 Å². The Morgan fingerprint density at radius 1 is 1.21 bits per heavy atom. The molecular weight excluding hydrogens is 462 g/mol. The number of imide groups is 1. The summed E-state index contributed by atoms with van der Waals surface area (Å²) in [4.78, 5) is 33.3. The molecular formula is C22H24ClN7O2S. The predicted octanol–water partition coefficient (Wildman–Crippen LogP) is 4.48. The summed E-state index contributed by atoms with van der Waals surface area (Å²) in [5.41, 5.74) is 2.45. The number of hydrogen-bond donors (Lipinski definition) is 3. The van der Waals surface area contributed by atoms with E-state index < -0.39 is 18.4 Å². The number of benzene rings is 2. The van der Waals surface area contributed by atoms with Crippen LogP contribution in [0, 0.1) is 5.41 Å². The molecule has 2 aromatic carbocycles. The highest BCUT2D eigenvalue weighted by Crippen LogP contribution is 2.28. The maximum Gasteiger partial charge on any atom is 0.345 e. The largest absolute Gasteiger partial charge is 0.347 e. The van der Waals surface area contributed by atoms with Crippen molar-refractivity contribution in [2.75, 3.05) is 11.9 Å². The van der Waals surface area contributed by atoms with Crippen molar-refractivity contribution in [3.63, 3.8) is 0 Å². The number of amides is 4. The first-order valence-corrected chi connectivity index (χ1v) is 11.7. The standard InChI is InChI=1S/C22H24ClN7O2S/c1-2-19-27-17-9-8-16(12-18(17)33-19)26-20-29(13-14-4-6-15(23)7-5-14)21(31)28(11-3-10-24)22(32)30(20)25/h4-10,12,20,24,26H,2-3,11,13,25H2,1H3. The summed E-state index contributed by atoms with van der Waals surface area (Å²) in [6.07, 6.45) is 1.35. The molecule has 1 saturated heterocycles. The average molecular weight is 486 g/mol. The van der Waals surface area contributed by atoms with Crippen LogP contribution in [0.4, 0.5) is 15.3 Å². The lowest BCUT2D eigenvalue weighted by atomic mass is 10.2. The van der Waals surface area contributed by atoms with Crippen molar-refractivity contribution >= 4 is 57.1 Å². The maximum absolute atomic E-state index is 13.3. The lowest BCUT2D eigenvalue weighted by molar-refractivity contribution is 0.0384. The smallest absolute Gasteiger partial charge is 0.345 e. The van der Waals surface area contributed by atoms with Gasteiger partial charge in [0.25, 0.3) is 0 Å². The van der Waals surface area contributed by atoms with Crippen molar-refractivity contribution in [3.05, 3.63) is 58.1 Å². The molecule has 2 heterocycles. The number of rotatable bonds is 8. The van der Waals surface area contributed by atoms with Gasteiger partial charge in [0, 0.05) is 23.7 Å². The molecule has 0 radical (unpaired) electrons. The zero-order chi connectivity index (χ0) is 23.5. The van der Waals surface area contributed by atoms with Crippen LogP contribution in [0.2, 0.25) is 5.02 Å². The molecule has 1 aliphatic heterocycles. The number of carbonyl (C=O) groups is 2. The molecule has 11 heteroatoms. The first kappa shape index (κ1) is 23.0. The van der Waals surface area contributed by atoms with Gasteiger partial charge in [-0.25, -0.2) is 30.3 Å². The zero-order valence-corrected chi connectivity index (χ0v) is 19.6. The number of hydrogen-bond acceptors (Lipinski definition) is 7. The Hall–Kier alpha value is -3.21. The molecule has 1 aromatic heterocycles. The summed E-state index contributed by atoms with van der Waals surface area (Å²) in [6, 6.07) is 11.7. The minimum atomic E-state index is -0.909. The lowest BCUT2D eigenvalue weighted by Gasteiger charge is -2.45. The number of hydrazine groups is 1. The molecule has 3 aromatic rings. The number of aromatic nitrogens is 1. The number of urea groups is 2. The van der Waals surface area contributed by atoms with E-state index in [0.29, 0.717) is 10.7 Å². The SMILES string of the molecule is CCc1nc2ccc(NC3N(N)C(=O)N(CCC=N)C(=O)N3Cc3ccc(Cl)cc3)cc2s1. The molecule has 1 fully saturated rings. The predicted molar refractivity (Wildman–Crippen MR) is 130 cm³/mol. The van der Waals surface area contributed by atoms with E-state index in [4.69, 9.17) is 22.9 Å². The van der Waals surface area contributed by atoms with Gasteiger partial charge in [-0.15, -0.1) is 11.3 Å². The number of thiazole rings is 1. The number of aryl methyl sites for hydroxylation is 1. The van der Waals surface area contributed by atoms with Gasteiger partial charge >= 0.3 is 12.1 Å². The van der Waals surface area contributed by atoms with Gasteiger partial charge in [0.05, 0.1) is 21.8 Å². The van der Waals surface area contributed by atoms with Crippen molar-refractivity contribution in [2.24, 2.45) is 5.84 Å². The van der Waals surface area contributed by atoms with Crippen LogP contribution in [-0.4, -0.2) is 50.9 Å². The van der Waals surface area contributed by atoms with Crippen LogP contribution in [0.1, 0.15) is 23.9 Å². The number of fused-ring (bicyclic) bond motifs is 1. The van der Waals surface area contributed by atoms with E-state index >= 15 is 0 Å². The molecule has 1 aliphatic rings. The molecule has 172 valence electrons. The lowest BCUT2D eigenvalue weighted by Crippen LogP contribution is -2.70. The topological polar surface area (TPSA) is 119 Å². The molecule has 0 saturated carbocycles. The number of anilines is 1. The Balaban J connectivity index is 1.66. The number of carbonyl (C=O) groups excluding carboxylic acids is 2. The van der Waals surface area contributed by atoms with E-state index in [-0.39, 0.29) is 19.5 Å². The summed E-state index contributed by atoms with van der Waals surface area (Å²) in [5, 5.41) is 13.1. The van der Waals surface area contributed by atoms with Gasteiger partial charge in [-0.2, -0.15) is 0 Å². The number of nitrogens with zero attached hydrogens (tertiary/aromatic N) is 4.